The van der Waals surface area contributed by atoms with Crippen LogP contribution in [0.2, 0.25) is 0 Å². The molecule has 0 fully saturated rings. The lowest BCUT2D eigenvalue weighted by atomic mass is 9.99. The maximum absolute atomic E-state index is 5.49. The number of fused-ring (bicyclic) bond motifs is 4. The van der Waals surface area contributed by atoms with Crippen molar-refractivity contribution in [2.45, 2.75) is 6.92 Å². The fourth-order valence-corrected chi connectivity index (χ4v) is 4.03. The minimum absolute atomic E-state index is 0.723. The Balaban J connectivity index is 1.76. The summed E-state index contributed by atoms with van der Waals surface area (Å²) in [5.74, 6) is 1.45. The molecule has 0 N–H and O–H groups in total. The van der Waals surface area contributed by atoms with Gasteiger partial charge in [0.25, 0.3) is 0 Å². The normalized spacial score (nSPS) is 13.4. The molecule has 0 radical (unpaired) electrons. The van der Waals surface area contributed by atoms with E-state index in [4.69, 9.17) is 14.5 Å². The highest BCUT2D eigenvalue weighted by atomic mass is 16.5. The van der Waals surface area contributed by atoms with E-state index in [0.29, 0.717) is 0 Å². The quantitative estimate of drug-likeness (QED) is 0.378. The molecule has 0 saturated heterocycles. The maximum atomic E-state index is 5.49. The van der Waals surface area contributed by atoms with Crippen LogP contribution >= 0.6 is 0 Å². The van der Waals surface area contributed by atoms with Gasteiger partial charge in [-0.1, -0.05) is 42.0 Å². The molecule has 1 aromatic heterocycles. The molecule has 3 nitrogen and oxygen atoms in total. The van der Waals surface area contributed by atoms with Crippen molar-refractivity contribution in [3.8, 4) is 22.8 Å². The third-order valence-electron chi connectivity index (χ3n) is 5.45. The number of pyridine rings is 1. The summed E-state index contributed by atoms with van der Waals surface area (Å²) in [6.07, 6.45) is 2.21. The van der Waals surface area contributed by atoms with Gasteiger partial charge in [-0.2, -0.15) is 0 Å². The molecule has 142 valence electrons. The fourth-order valence-electron chi connectivity index (χ4n) is 4.03. The molecule has 0 saturated carbocycles. The number of ether oxygens (including phenoxy) is 2. The predicted molar refractivity (Wildman–Crippen MR) is 118 cm³/mol. The van der Waals surface area contributed by atoms with Crippen molar-refractivity contribution in [2.24, 2.45) is 0 Å². The number of hydrogen-bond donors (Lipinski definition) is 0. The third-order valence-corrected chi connectivity index (χ3v) is 5.45. The first-order chi connectivity index (χ1) is 14.2. The predicted octanol–water partition coefficient (Wildman–Crippen LogP) is 6.13. The van der Waals surface area contributed by atoms with E-state index in [0.717, 1.165) is 33.7 Å². The Labute approximate surface area is 170 Å². The van der Waals surface area contributed by atoms with E-state index in [2.05, 4.69) is 61.5 Å². The summed E-state index contributed by atoms with van der Waals surface area (Å²) in [4.78, 5) is 5.01. The minimum Gasteiger partial charge on any atom is -0.493 e. The summed E-state index contributed by atoms with van der Waals surface area (Å²) in [5, 5.41) is 1.15. The largest absolute Gasteiger partial charge is 0.493 e. The van der Waals surface area contributed by atoms with Gasteiger partial charge in [0, 0.05) is 16.5 Å². The molecule has 1 aliphatic carbocycles. The van der Waals surface area contributed by atoms with E-state index in [-0.39, 0.29) is 0 Å². The SMILES string of the molecule is COc1ccc(/C=C2/c3ccc(C)cc3-c3nc4ccccc4cc32)cc1OC. The Kier molecular flexibility index (Phi) is 4.09. The van der Waals surface area contributed by atoms with E-state index in [1.807, 2.05) is 18.2 Å². The number of aryl methyl sites for hydroxylation is 1. The molecule has 3 aromatic carbocycles. The van der Waals surface area contributed by atoms with Crippen LogP contribution in [-0.4, -0.2) is 19.2 Å². The van der Waals surface area contributed by atoms with Crippen LogP contribution in [0.4, 0.5) is 0 Å². The molecule has 1 aliphatic rings. The Morgan fingerprint density at radius 1 is 0.759 bits per heavy atom. The van der Waals surface area contributed by atoms with Gasteiger partial charge in [-0.05, 0) is 60.0 Å². The Hall–Kier alpha value is -3.59. The van der Waals surface area contributed by atoms with Crippen LogP contribution in [0.25, 0.3) is 33.8 Å². The molecule has 29 heavy (non-hydrogen) atoms. The molecule has 0 aliphatic heterocycles. The second-order valence-corrected chi connectivity index (χ2v) is 7.30. The number of benzene rings is 3. The Morgan fingerprint density at radius 3 is 2.41 bits per heavy atom. The number of rotatable bonds is 3. The van der Waals surface area contributed by atoms with Crippen LogP contribution < -0.4 is 9.47 Å². The molecular weight excluding hydrogens is 358 g/mol. The van der Waals surface area contributed by atoms with E-state index in [9.17, 15) is 0 Å². The van der Waals surface area contributed by atoms with Crippen molar-refractivity contribution in [1.29, 1.82) is 0 Å². The first-order valence-corrected chi connectivity index (χ1v) is 9.63. The molecule has 0 spiro atoms. The van der Waals surface area contributed by atoms with Crippen molar-refractivity contribution in [3.63, 3.8) is 0 Å². The van der Waals surface area contributed by atoms with Gasteiger partial charge in [-0.3, -0.25) is 0 Å². The fraction of sp³-hybridized carbons (Fsp3) is 0.115. The molecule has 0 unspecified atom stereocenters. The molecule has 0 bridgehead atoms. The zero-order valence-electron chi connectivity index (χ0n) is 16.7. The Bertz CT molecular complexity index is 1290. The molecule has 3 heteroatoms. The monoisotopic (exact) mass is 379 g/mol. The molecular formula is C26H21NO2. The first kappa shape index (κ1) is 17.5. The topological polar surface area (TPSA) is 31.4 Å². The number of para-hydroxylation sites is 1. The average molecular weight is 379 g/mol. The second kappa shape index (κ2) is 6.78. The van der Waals surface area contributed by atoms with Gasteiger partial charge < -0.3 is 9.47 Å². The molecule has 4 aromatic rings. The first-order valence-electron chi connectivity index (χ1n) is 9.63. The van der Waals surface area contributed by atoms with Crippen molar-refractivity contribution >= 4 is 22.6 Å². The van der Waals surface area contributed by atoms with Crippen LogP contribution in [-0.2, 0) is 0 Å². The van der Waals surface area contributed by atoms with Crippen LogP contribution in [0, 0.1) is 6.92 Å². The summed E-state index contributed by atoms with van der Waals surface area (Å²) in [6.45, 7) is 2.12. The van der Waals surface area contributed by atoms with Crippen molar-refractivity contribution < 1.29 is 9.47 Å². The van der Waals surface area contributed by atoms with Gasteiger partial charge in [0.2, 0.25) is 0 Å². The highest BCUT2D eigenvalue weighted by Crippen LogP contribution is 2.45. The standard InChI is InChI=1S/C26H21NO2/c1-16-8-10-19-20(13-17-9-11-24(28-2)25(14-17)29-3)22-15-18-6-4-5-7-23(18)27-26(22)21(19)12-16/h4-15H,1-3H3/b20-13-. The highest BCUT2D eigenvalue weighted by Gasteiger charge is 2.25. The minimum atomic E-state index is 0.723. The van der Waals surface area contributed by atoms with Crippen molar-refractivity contribution in [1.82, 2.24) is 4.98 Å². The van der Waals surface area contributed by atoms with Crippen LogP contribution in [0.15, 0.2) is 66.7 Å². The number of methoxy groups -OCH3 is 2. The van der Waals surface area contributed by atoms with E-state index >= 15 is 0 Å². The van der Waals surface area contributed by atoms with E-state index in [1.54, 1.807) is 14.2 Å². The average Bonchev–Trinajstić information content (AvgIpc) is 3.04. The molecule has 5 rings (SSSR count). The van der Waals surface area contributed by atoms with Gasteiger partial charge in [0.1, 0.15) is 0 Å². The van der Waals surface area contributed by atoms with Gasteiger partial charge in [-0.15, -0.1) is 0 Å². The van der Waals surface area contributed by atoms with E-state index < -0.39 is 0 Å². The summed E-state index contributed by atoms with van der Waals surface area (Å²) in [6, 6.07) is 23.1. The van der Waals surface area contributed by atoms with Gasteiger partial charge >= 0.3 is 0 Å². The summed E-state index contributed by atoms with van der Waals surface area (Å²) in [7, 11) is 3.31. The number of aromatic nitrogens is 1. The van der Waals surface area contributed by atoms with Gasteiger partial charge in [0.05, 0.1) is 25.4 Å². The van der Waals surface area contributed by atoms with Crippen LogP contribution in [0.5, 0.6) is 11.5 Å². The summed E-state index contributed by atoms with van der Waals surface area (Å²) < 4.78 is 10.9. The van der Waals surface area contributed by atoms with Gasteiger partial charge in [-0.25, -0.2) is 4.98 Å². The second-order valence-electron chi connectivity index (χ2n) is 7.30. The highest BCUT2D eigenvalue weighted by molar-refractivity contribution is 6.07. The van der Waals surface area contributed by atoms with Crippen LogP contribution in [0.1, 0.15) is 22.3 Å². The number of nitrogens with zero attached hydrogens (tertiary/aromatic N) is 1. The third kappa shape index (κ3) is 2.87. The molecule has 0 atom stereocenters. The van der Waals surface area contributed by atoms with Crippen LogP contribution in [0.3, 0.4) is 0 Å². The zero-order chi connectivity index (χ0) is 20.0. The lowest BCUT2D eigenvalue weighted by Crippen LogP contribution is -1.91. The van der Waals surface area contributed by atoms with Crippen molar-refractivity contribution in [2.75, 3.05) is 14.2 Å². The van der Waals surface area contributed by atoms with Crippen molar-refractivity contribution in [3.05, 3.63) is 89.0 Å². The lowest BCUT2D eigenvalue weighted by molar-refractivity contribution is 0.355. The summed E-state index contributed by atoms with van der Waals surface area (Å²) in [5.41, 5.74) is 9.11. The summed E-state index contributed by atoms with van der Waals surface area (Å²) >= 11 is 0. The molecule has 1 heterocycles. The molecule has 0 amide bonds. The van der Waals surface area contributed by atoms with Gasteiger partial charge in [0.15, 0.2) is 11.5 Å². The van der Waals surface area contributed by atoms with E-state index in [1.165, 1.54) is 27.8 Å². The number of hydrogen-bond acceptors (Lipinski definition) is 3. The smallest absolute Gasteiger partial charge is 0.161 e. The maximum Gasteiger partial charge on any atom is 0.161 e. The zero-order valence-corrected chi connectivity index (χ0v) is 16.7. The Morgan fingerprint density at radius 2 is 1.59 bits per heavy atom. The lowest BCUT2D eigenvalue weighted by Gasteiger charge is -2.09.